The maximum atomic E-state index is 13.3. The molecule has 3 aromatic rings. The molecule has 170 valence electrons. The molecule has 1 aliphatic carbocycles. The van der Waals surface area contributed by atoms with Crippen LogP contribution < -0.4 is 0 Å². The second kappa shape index (κ2) is 9.32. The minimum Gasteiger partial charge on any atom is -0.467 e. The lowest BCUT2D eigenvalue weighted by Crippen LogP contribution is -2.41. The lowest BCUT2D eigenvalue weighted by atomic mass is 10.3. The van der Waals surface area contributed by atoms with Crippen molar-refractivity contribution in [2.45, 2.75) is 32.4 Å². The zero-order valence-corrected chi connectivity index (χ0v) is 20.4. The first-order valence-corrected chi connectivity index (χ1v) is 12.8. The molecule has 33 heavy (non-hydrogen) atoms. The number of carbonyl (C=O) groups is 2. The topological polar surface area (TPSA) is 66.9 Å². The molecule has 2 unspecified atom stereocenters. The summed E-state index contributed by atoms with van der Waals surface area (Å²) in [6.07, 6.45) is 4.53. The van der Waals surface area contributed by atoms with Crippen LogP contribution in [0.3, 0.4) is 0 Å². The van der Waals surface area contributed by atoms with E-state index in [1.165, 1.54) is 16.7 Å². The number of hydrogen-bond donors (Lipinski definition) is 0. The van der Waals surface area contributed by atoms with E-state index in [1.807, 2.05) is 41.8 Å². The normalized spacial score (nSPS) is 21.2. The van der Waals surface area contributed by atoms with Gasteiger partial charge in [0.25, 0.3) is 5.91 Å². The SMILES string of the molecule is CC1CC1c1ccc(CN(Cc2ccco2)C(=O)CN2C(=O)/C(=C/c3cccs3)SC2=S)o1. The van der Waals surface area contributed by atoms with Crippen LogP contribution in [0.4, 0.5) is 0 Å². The van der Waals surface area contributed by atoms with Crippen molar-refractivity contribution < 1.29 is 18.4 Å². The molecule has 1 saturated carbocycles. The average molecular weight is 499 g/mol. The summed E-state index contributed by atoms with van der Waals surface area (Å²) in [5.74, 6) is 2.99. The monoisotopic (exact) mass is 498 g/mol. The first kappa shape index (κ1) is 22.2. The number of thiocarbonyl (C=S) groups is 1. The highest BCUT2D eigenvalue weighted by atomic mass is 32.2. The fourth-order valence-corrected chi connectivity index (χ4v) is 5.76. The molecule has 0 N–H and O–H groups in total. The Balaban J connectivity index is 1.30. The third-order valence-electron chi connectivity index (χ3n) is 5.77. The summed E-state index contributed by atoms with van der Waals surface area (Å²) >= 11 is 8.18. The van der Waals surface area contributed by atoms with Crippen molar-refractivity contribution in [3.63, 3.8) is 0 Å². The number of carbonyl (C=O) groups excluding carboxylic acids is 2. The fourth-order valence-electron chi connectivity index (χ4n) is 3.78. The molecule has 2 atom stereocenters. The number of amides is 2. The van der Waals surface area contributed by atoms with E-state index in [4.69, 9.17) is 21.1 Å². The zero-order chi connectivity index (χ0) is 22.9. The van der Waals surface area contributed by atoms with E-state index in [1.54, 1.807) is 28.6 Å². The van der Waals surface area contributed by atoms with Gasteiger partial charge in [-0.3, -0.25) is 14.5 Å². The largest absolute Gasteiger partial charge is 0.467 e. The summed E-state index contributed by atoms with van der Waals surface area (Å²) in [6, 6.07) is 11.4. The van der Waals surface area contributed by atoms with E-state index in [2.05, 4.69) is 6.92 Å². The Morgan fingerprint density at radius 3 is 2.76 bits per heavy atom. The molecule has 4 heterocycles. The molecule has 0 radical (unpaired) electrons. The molecule has 5 rings (SSSR count). The van der Waals surface area contributed by atoms with E-state index in [0.717, 1.165) is 17.1 Å². The number of hydrogen-bond acceptors (Lipinski definition) is 7. The van der Waals surface area contributed by atoms with Gasteiger partial charge in [-0.15, -0.1) is 11.3 Å². The van der Waals surface area contributed by atoms with Crippen LogP contribution in [0.2, 0.25) is 0 Å². The molecule has 1 saturated heterocycles. The molecule has 2 amide bonds. The molecule has 3 aromatic heterocycles. The summed E-state index contributed by atoms with van der Waals surface area (Å²) in [5, 5.41) is 1.95. The predicted octanol–water partition coefficient (Wildman–Crippen LogP) is 5.49. The van der Waals surface area contributed by atoms with Gasteiger partial charge < -0.3 is 13.7 Å². The molecule has 2 fully saturated rings. The first-order valence-electron chi connectivity index (χ1n) is 10.7. The van der Waals surface area contributed by atoms with Gasteiger partial charge in [0.2, 0.25) is 5.91 Å². The second-order valence-electron chi connectivity index (χ2n) is 8.24. The average Bonchev–Trinajstić information content (AvgIpc) is 3.34. The number of rotatable bonds is 8. The molecule has 1 aliphatic heterocycles. The first-order chi connectivity index (χ1) is 16.0. The van der Waals surface area contributed by atoms with Crippen molar-refractivity contribution >= 4 is 57.5 Å². The van der Waals surface area contributed by atoms with Gasteiger partial charge in [0.15, 0.2) is 0 Å². The summed E-state index contributed by atoms with van der Waals surface area (Å²) in [5.41, 5.74) is 0. The molecule has 2 aliphatic rings. The van der Waals surface area contributed by atoms with Gasteiger partial charge in [0, 0.05) is 10.8 Å². The highest BCUT2D eigenvalue weighted by molar-refractivity contribution is 8.26. The van der Waals surface area contributed by atoms with Crippen LogP contribution >= 0.6 is 35.3 Å². The van der Waals surface area contributed by atoms with Crippen LogP contribution in [-0.4, -0.2) is 32.5 Å². The summed E-state index contributed by atoms with van der Waals surface area (Å²) in [6.45, 7) is 2.65. The Kier molecular flexibility index (Phi) is 6.27. The highest BCUT2D eigenvalue weighted by Crippen LogP contribution is 2.47. The maximum Gasteiger partial charge on any atom is 0.266 e. The van der Waals surface area contributed by atoms with Crippen LogP contribution in [-0.2, 0) is 22.7 Å². The Morgan fingerprint density at radius 1 is 1.24 bits per heavy atom. The molecule has 6 nitrogen and oxygen atoms in total. The van der Waals surface area contributed by atoms with Crippen molar-refractivity contribution in [3.8, 4) is 0 Å². The van der Waals surface area contributed by atoms with Gasteiger partial charge in [-0.25, -0.2) is 0 Å². The zero-order valence-electron chi connectivity index (χ0n) is 17.9. The van der Waals surface area contributed by atoms with E-state index in [-0.39, 0.29) is 24.9 Å². The van der Waals surface area contributed by atoms with E-state index in [0.29, 0.717) is 39.1 Å². The van der Waals surface area contributed by atoms with Crippen LogP contribution in [0.15, 0.2) is 61.8 Å². The van der Waals surface area contributed by atoms with E-state index >= 15 is 0 Å². The van der Waals surface area contributed by atoms with Crippen LogP contribution in [0.25, 0.3) is 6.08 Å². The Bertz CT molecular complexity index is 1200. The van der Waals surface area contributed by atoms with Crippen LogP contribution in [0.5, 0.6) is 0 Å². The lowest BCUT2D eigenvalue weighted by molar-refractivity contribution is -0.136. The fraction of sp³-hybridized carbons (Fsp3) is 0.292. The van der Waals surface area contributed by atoms with Crippen molar-refractivity contribution in [2.75, 3.05) is 6.54 Å². The minimum absolute atomic E-state index is 0.125. The molecule has 0 aromatic carbocycles. The van der Waals surface area contributed by atoms with Crippen molar-refractivity contribution in [2.24, 2.45) is 5.92 Å². The smallest absolute Gasteiger partial charge is 0.266 e. The Morgan fingerprint density at radius 2 is 2.06 bits per heavy atom. The van der Waals surface area contributed by atoms with Gasteiger partial charge in [0.1, 0.15) is 28.1 Å². The van der Waals surface area contributed by atoms with Crippen molar-refractivity contribution in [3.05, 3.63) is 75.1 Å². The second-order valence-corrected chi connectivity index (χ2v) is 10.9. The number of thioether (sulfide) groups is 1. The molecule has 9 heteroatoms. The third-order valence-corrected chi connectivity index (χ3v) is 7.96. The highest BCUT2D eigenvalue weighted by Gasteiger charge is 2.37. The number of thiophene rings is 1. The predicted molar refractivity (Wildman–Crippen MR) is 132 cm³/mol. The molecular formula is C24H22N2O4S3. The van der Waals surface area contributed by atoms with Crippen LogP contribution in [0, 0.1) is 5.92 Å². The molecule has 0 spiro atoms. The summed E-state index contributed by atoms with van der Waals surface area (Å²) in [7, 11) is 0. The minimum atomic E-state index is -0.243. The summed E-state index contributed by atoms with van der Waals surface area (Å²) in [4.78, 5) is 30.8. The van der Waals surface area contributed by atoms with E-state index < -0.39 is 0 Å². The van der Waals surface area contributed by atoms with Gasteiger partial charge in [-0.2, -0.15) is 0 Å². The number of nitrogens with zero attached hydrogens (tertiary/aromatic N) is 2. The van der Waals surface area contributed by atoms with Crippen molar-refractivity contribution in [1.82, 2.24) is 9.80 Å². The van der Waals surface area contributed by atoms with Gasteiger partial charge in [0.05, 0.1) is 24.3 Å². The quantitative estimate of drug-likeness (QED) is 0.302. The number of furan rings is 2. The molecular weight excluding hydrogens is 476 g/mol. The Hall–Kier alpha value is -2.62. The van der Waals surface area contributed by atoms with Gasteiger partial charge in [-0.1, -0.05) is 37.0 Å². The molecule has 0 bridgehead atoms. The van der Waals surface area contributed by atoms with Crippen LogP contribution in [0.1, 0.15) is 41.4 Å². The van der Waals surface area contributed by atoms with Crippen molar-refractivity contribution in [1.29, 1.82) is 0 Å². The van der Waals surface area contributed by atoms with E-state index in [9.17, 15) is 9.59 Å². The standard InChI is InChI=1S/C24H22N2O4S3/c1-15-10-19(15)20-7-6-17(30-20)13-25(12-16-4-2-8-29-16)22(27)14-26-23(28)21(33-24(26)31)11-18-5-3-9-32-18/h2-9,11,15,19H,10,12-14H2,1H3/b21-11-. The van der Waals surface area contributed by atoms with Gasteiger partial charge in [-0.05, 0) is 54.1 Å². The summed E-state index contributed by atoms with van der Waals surface area (Å²) < 4.78 is 11.9. The Labute approximate surface area is 205 Å². The third kappa shape index (κ3) is 5.00. The lowest BCUT2D eigenvalue weighted by Gasteiger charge is -2.23. The maximum absolute atomic E-state index is 13.3. The van der Waals surface area contributed by atoms with Gasteiger partial charge >= 0.3 is 0 Å².